The molecule has 0 aromatic carbocycles. The molecule has 0 unspecified atom stereocenters. The van der Waals surface area contributed by atoms with Crippen LogP contribution in [0.15, 0.2) is 0 Å². The summed E-state index contributed by atoms with van der Waals surface area (Å²) in [5, 5.41) is 0. The molecule has 0 heterocycles. The Labute approximate surface area is 120 Å². The van der Waals surface area contributed by atoms with Gasteiger partial charge in [0.15, 0.2) is 0 Å². The van der Waals surface area contributed by atoms with Crippen molar-refractivity contribution in [3.8, 4) is 0 Å². The van der Waals surface area contributed by atoms with E-state index >= 15 is 0 Å². The highest BCUT2D eigenvalue weighted by atomic mass is 28.5. The molecule has 0 radical (unpaired) electrons. The zero-order valence-electron chi connectivity index (χ0n) is 13.5. The maximum atomic E-state index is 5.71. The average Bonchev–Trinajstić information content (AvgIpc) is 2.46. The third-order valence-electron chi connectivity index (χ3n) is 4.00. The molecule has 0 bridgehead atoms. The maximum Gasteiger partial charge on any atom is 0.341 e. The lowest BCUT2D eigenvalue weighted by atomic mass is 11.7. The van der Waals surface area contributed by atoms with E-state index in [1.807, 2.05) is 19.6 Å². The van der Waals surface area contributed by atoms with E-state index in [0.29, 0.717) is 0 Å². The summed E-state index contributed by atoms with van der Waals surface area (Å²) in [4.78, 5) is -0.104. The van der Waals surface area contributed by atoms with E-state index in [1.165, 1.54) is 0 Å². The van der Waals surface area contributed by atoms with E-state index in [0.717, 1.165) is 0 Å². The molecule has 0 atom stereocenters. The molecule has 116 valence electrons. The fraction of sp³-hybridized carbons (Fsp3) is 1.00. The van der Waals surface area contributed by atoms with Crippen molar-refractivity contribution in [3.05, 3.63) is 0 Å². The van der Waals surface area contributed by atoms with Crippen molar-refractivity contribution < 1.29 is 26.6 Å². The third-order valence-corrected chi connectivity index (χ3v) is 21.5. The average molecular weight is 329 g/mol. The number of hydrogen-bond donors (Lipinski definition) is 0. The van der Waals surface area contributed by atoms with E-state index < -0.39 is 25.7 Å². The molecule has 0 amide bonds. The van der Waals surface area contributed by atoms with Gasteiger partial charge in [-0.15, -0.1) is 0 Å². The Morgan fingerprint density at radius 3 is 0.737 bits per heavy atom. The van der Waals surface area contributed by atoms with Gasteiger partial charge in [0, 0.05) is 42.7 Å². The van der Waals surface area contributed by atoms with Crippen LogP contribution in [0.5, 0.6) is 0 Å². The van der Waals surface area contributed by atoms with Crippen molar-refractivity contribution in [1.82, 2.24) is 0 Å². The first kappa shape index (κ1) is 19.4. The van der Waals surface area contributed by atoms with Crippen molar-refractivity contribution in [2.75, 3.05) is 42.7 Å². The van der Waals surface area contributed by atoms with Crippen LogP contribution in [0.2, 0.25) is 24.4 Å². The zero-order valence-corrected chi connectivity index (χ0v) is 16.5. The lowest BCUT2D eigenvalue weighted by Crippen LogP contribution is -2.67. The first-order chi connectivity index (χ1) is 8.73. The summed E-state index contributed by atoms with van der Waals surface area (Å²) in [6, 6.07) is 0. The molecule has 0 aromatic heterocycles. The molecular formula is C10H28O6Si3. The molecule has 0 rings (SSSR count). The van der Waals surface area contributed by atoms with Crippen LogP contribution in [0.25, 0.3) is 0 Å². The summed E-state index contributed by atoms with van der Waals surface area (Å²) in [6.45, 7) is 5.97. The molecule has 0 saturated heterocycles. The molecule has 9 heteroatoms. The van der Waals surface area contributed by atoms with Gasteiger partial charge in [-0.3, -0.25) is 0 Å². The second-order valence-electron chi connectivity index (χ2n) is 4.71. The van der Waals surface area contributed by atoms with Gasteiger partial charge in [-0.1, -0.05) is 0 Å². The Morgan fingerprint density at radius 1 is 0.474 bits per heavy atom. The molecular weight excluding hydrogens is 300 g/mol. The molecule has 0 spiro atoms. The SMILES string of the molecule is CO[Si](C)(OC)C([Si](C)(OC)OC)[Si](C)(OC)OC. The van der Waals surface area contributed by atoms with Crippen molar-refractivity contribution >= 4 is 25.7 Å². The Bertz CT molecular complexity index is 223. The topological polar surface area (TPSA) is 55.4 Å². The lowest BCUT2D eigenvalue weighted by Gasteiger charge is -2.45. The fourth-order valence-electron chi connectivity index (χ4n) is 2.39. The second-order valence-corrected chi connectivity index (χ2v) is 16.7. The Hall–Kier alpha value is 0.411. The summed E-state index contributed by atoms with van der Waals surface area (Å²) in [7, 11) is 2.26. The van der Waals surface area contributed by atoms with Gasteiger partial charge < -0.3 is 26.6 Å². The normalized spacial score (nSPS) is 14.2. The van der Waals surface area contributed by atoms with Gasteiger partial charge in [-0.2, -0.15) is 0 Å². The van der Waals surface area contributed by atoms with Crippen molar-refractivity contribution in [2.24, 2.45) is 0 Å². The number of rotatable bonds is 9. The summed E-state index contributed by atoms with van der Waals surface area (Å²) in [5.74, 6) is 0. The largest absolute Gasteiger partial charge is 0.398 e. The minimum Gasteiger partial charge on any atom is -0.398 e. The molecule has 0 aliphatic carbocycles. The zero-order chi connectivity index (χ0) is 15.3. The first-order valence-corrected chi connectivity index (χ1v) is 13.2. The molecule has 0 N–H and O–H groups in total. The van der Waals surface area contributed by atoms with Gasteiger partial charge in [-0.25, -0.2) is 0 Å². The molecule has 0 saturated carbocycles. The smallest absolute Gasteiger partial charge is 0.341 e. The minimum atomic E-state index is -2.56. The third kappa shape index (κ3) is 3.74. The Morgan fingerprint density at radius 2 is 0.632 bits per heavy atom. The predicted molar refractivity (Wildman–Crippen MR) is 80.7 cm³/mol. The Balaban J connectivity index is 5.88. The summed E-state index contributed by atoms with van der Waals surface area (Å²) < 4.78 is 34.3. The van der Waals surface area contributed by atoms with Gasteiger partial charge in [0.1, 0.15) is 0 Å². The van der Waals surface area contributed by atoms with Gasteiger partial charge in [-0.05, 0) is 19.6 Å². The quantitative estimate of drug-likeness (QED) is 0.598. The predicted octanol–water partition coefficient (Wildman–Crippen LogP) is 1.53. The van der Waals surface area contributed by atoms with E-state index in [4.69, 9.17) is 26.6 Å². The molecule has 0 aliphatic rings. The minimum absolute atomic E-state index is 0.104. The van der Waals surface area contributed by atoms with E-state index in [-0.39, 0.29) is 4.79 Å². The molecule has 0 fully saturated rings. The van der Waals surface area contributed by atoms with Gasteiger partial charge in [0.2, 0.25) is 0 Å². The Kier molecular flexibility index (Phi) is 7.59. The highest BCUT2D eigenvalue weighted by Crippen LogP contribution is 2.41. The van der Waals surface area contributed by atoms with Crippen LogP contribution < -0.4 is 0 Å². The van der Waals surface area contributed by atoms with Gasteiger partial charge in [0.05, 0.1) is 4.79 Å². The van der Waals surface area contributed by atoms with Crippen molar-refractivity contribution in [2.45, 2.75) is 24.4 Å². The van der Waals surface area contributed by atoms with E-state index in [2.05, 4.69) is 0 Å². The summed E-state index contributed by atoms with van der Waals surface area (Å²) in [5.41, 5.74) is 0. The second kappa shape index (κ2) is 7.43. The van der Waals surface area contributed by atoms with Crippen LogP contribution in [-0.2, 0) is 26.6 Å². The highest BCUT2D eigenvalue weighted by Gasteiger charge is 2.65. The van der Waals surface area contributed by atoms with E-state index in [9.17, 15) is 0 Å². The molecule has 0 aliphatic heterocycles. The van der Waals surface area contributed by atoms with Crippen LogP contribution in [0.1, 0.15) is 0 Å². The highest BCUT2D eigenvalue weighted by molar-refractivity contribution is 7.03. The van der Waals surface area contributed by atoms with Crippen molar-refractivity contribution in [1.29, 1.82) is 0 Å². The van der Waals surface area contributed by atoms with Crippen LogP contribution in [0.3, 0.4) is 0 Å². The van der Waals surface area contributed by atoms with Crippen molar-refractivity contribution in [3.63, 3.8) is 0 Å². The summed E-state index contributed by atoms with van der Waals surface area (Å²) in [6.07, 6.45) is 0. The number of hydrogen-bond acceptors (Lipinski definition) is 6. The van der Waals surface area contributed by atoms with Crippen LogP contribution in [0, 0.1) is 0 Å². The monoisotopic (exact) mass is 328 g/mol. The fourth-order valence-corrected chi connectivity index (χ4v) is 20.0. The summed E-state index contributed by atoms with van der Waals surface area (Å²) >= 11 is 0. The standard InChI is InChI=1S/C10H28O6Si3/c1-11-17(7,12-2)10(18(8,13-3)14-4)19(9,15-5)16-6/h10H,1-9H3. The first-order valence-electron chi connectivity index (χ1n) is 6.04. The van der Waals surface area contributed by atoms with Gasteiger partial charge >= 0.3 is 25.7 Å². The van der Waals surface area contributed by atoms with Crippen LogP contribution in [0.4, 0.5) is 0 Å². The lowest BCUT2D eigenvalue weighted by molar-refractivity contribution is 0.192. The van der Waals surface area contributed by atoms with E-state index in [1.54, 1.807) is 42.7 Å². The molecule has 19 heavy (non-hydrogen) atoms. The maximum absolute atomic E-state index is 5.71. The molecule has 0 aromatic rings. The molecule has 6 nitrogen and oxygen atoms in total. The van der Waals surface area contributed by atoms with Crippen LogP contribution >= 0.6 is 0 Å². The van der Waals surface area contributed by atoms with Crippen LogP contribution in [-0.4, -0.2) is 68.3 Å². The van der Waals surface area contributed by atoms with Gasteiger partial charge in [0.25, 0.3) is 0 Å².